The van der Waals surface area contributed by atoms with Gasteiger partial charge in [0.2, 0.25) is 15.9 Å². The number of fused-ring (bicyclic) bond motifs is 1. The number of ether oxygens (including phenoxy) is 1. The van der Waals surface area contributed by atoms with Gasteiger partial charge in [-0.15, -0.1) is 0 Å². The zero-order valence-electron chi connectivity index (χ0n) is 18.6. The number of carbonyl (C=O) groups is 1. The number of nitrogens with one attached hydrogen (secondary N) is 1. The first-order valence-corrected chi connectivity index (χ1v) is 12.7. The largest absolute Gasteiger partial charge is 0.487 e. The van der Waals surface area contributed by atoms with Crippen molar-refractivity contribution in [3.8, 4) is 5.75 Å². The van der Waals surface area contributed by atoms with E-state index in [1.165, 1.54) is 16.4 Å². The quantitative estimate of drug-likeness (QED) is 0.706. The zero-order chi connectivity index (χ0) is 23.1. The Balaban J connectivity index is 1.51. The standard InChI is InChI=1S/C24H29ClN2O4S/c1-16-6-11-22-20(13-16)21(14-24(2,3)31-22)26-23(28)17-5-4-12-27(15-17)32(29,30)19-9-7-18(25)8-10-19/h6-11,13,17,21H,4-5,12,14-15H2,1-3H3,(H,26,28)/t17-,21-/m0/s1. The fourth-order valence-electron chi connectivity index (χ4n) is 4.52. The maximum atomic E-state index is 13.2. The Bertz CT molecular complexity index is 1120. The van der Waals surface area contributed by atoms with Crippen molar-refractivity contribution in [1.82, 2.24) is 9.62 Å². The molecule has 0 aliphatic carbocycles. The first-order valence-electron chi connectivity index (χ1n) is 10.9. The molecule has 2 aliphatic rings. The van der Waals surface area contributed by atoms with Crippen LogP contribution in [0.25, 0.3) is 0 Å². The Hall–Kier alpha value is -2.09. The Morgan fingerprint density at radius 2 is 1.91 bits per heavy atom. The number of benzene rings is 2. The van der Waals surface area contributed by atoms with Crippen molar-refractivity contribution in [3.63, 3.8) is 0 Å². The summed E-state index contributed by atoms with van der Waals surface area (Å²) in [5.41, 5.74) is 1.67. The average molecular weight is 477 g/mol. The van der Waals surface area contributed by atoms with Crippen LogP contribution in [0.2, 0.25) is 5.02 Å². The number of aryl methyl sites for hydroxylation is 1. The van der Waals surface area contributed by atoms with Gasteiger partial charge in [0, 0.05) is 30.1 Å². The fraction of sp³-hybridized carbons (Fsp3) is 0.458. The van der Waals surface area contributed by atoms with Crippen LogP contribution in [0.3, 0.4) is 0 Å². The molecular formula is C24H29ClN2O4S. The fourth-order valence-corrected chi connectivity index (χ4v) is 6.17. The summed E-state index contributed by atoms with van der Waals surface area (Å²) >= 11 is 5.90. The van der Waals surface area contributed by atoms with Crippen LogP contribution in [0.15, 0.2) is 47.4 Å². The molecule has 1 saturated heterocycles. The van der Waals surface area contributed by atoms with E-state index in [-0.39, 0.29) is 23.4 Å². The maximum absolute atomic E-state index is 13.2. The molecule has 0 unspecified atom stereocenters. The van der Waals surface area contributed by atoms with E-state index in [1.54, 1.807) is 12.1 Å². The first kappa shape index (κ1) is 23.1. The van der Waals surface area contributed by atoms with E-state index in [0.29, 0.717) is 30.8 Å². The first-order chi connectivity index (χ1) is 15.0. The Kier molecular flexibility index (Phi) is 6.27. The highest BCUT2D eigenvalue weighted by Gasteiger charge is 2.38. The van der Waals surface area contributed by atoms with Gasteiger partial charge in [0.25, 0.3) is 0 Å². The molecule has 0 aromatic heterocycles. The Morgan fingerprint density at radius 3 is 2.62 bits per heavy atom. The normalized spacial score (nSPS) is 23.1. The topological polar surface area (TPSA) is 75.7 Å². The maximum Gasteiger partial charge on any atom is 0.243 e. The third kappa shape index (κ3) is 4.80. The lowest BCUT2D eigenvalue weighted by Crippen LogP contribution is -2.48. The summed E-state index contributed by atoms with van der Waals surface area (Å²) in [4.78, 5) is 13.4. The van der Waals surface area contributed by atoms with Gasteiger partial charge in [-0.25, -0.2) is 8.42 Å². The number of rotatable bonds is 4. The molecule has 1 fully saturated rings. The summed E-state index contributed by atoms with van der Waals surface area (Å²) in [7, 11) is -3.68. The van der Waals surface area contributed by atoms with E-state index in [4.69, 9.17) is 16.3 Å². The van der Waals surface area contributed by atoms with E-state index in [0.717, 1.165) is 16.9 Å². The second-order valence-electron chi connectivity index (χ2n) is 9.32. The zero-order valence-corrected chi connectivity index (χ0v) is 20.2. The van der Waals surface area contributed by atoms with Gasteiger partial charge >= 0.3 is 0 Å². The van der Waals surface area contributed by atoms with Crippen LogP contribution in [-0.4, -0.2) is 37.3 Å². The number of nitrogens with zero attached hydrogens (tertiary/aromatic N) is 1. The molecule has 0 bridgehead atoms. The molecule has 2 aromatic rings. The van der Waals surface area contributed by atoms with Crippen molar-refractivity contribution in [2.45, 2.75) is 56.6 Å². The van der Waals surface area contributed by atoms with Crippen LogP contribution < -0.4 is 10.1 Å². The van der Waals surface area contributed by atoms with Crippen molar-refractivity contribution in [2.24, 2.45) is 5.92 Å². The molecule has 4 rings (SSSR count). The lowest BCUT2D eigenvalue weighted by molar-refractivity contribution is -0.127. The number of piperidine rings is 1. The molecule has 6 nitrogen and oxygen atoms in total. The number of hydrogen-bond donors (Lipinski definition) is 1. The Labute approximate surface area is 195 Å². The van der Waals surface area contributed by atoms with Crippen LogP contribution >= 0.6 is 11.6 Å². The lowest BCUT2D eigenvalue weighted by atomic mass is 9.88. The molecule has 1 N–H and O–H groups in total. The van der Waals surface area contributed by atoms with Crippen molar-refractivity contribution >= 4 is 27.5 Å². The monoisotopic (exact) mass is 476 g/mol. The highest BCUT2D eigenvalue weighted by atomic mass is 35.5. The van der Waals surface area contributed by atoms with E-state index < -0.39 is 21.5 Å². The molecular weight excluding hydrogens is 448 g/mol. The number of sulfonamides is 1. The molecule has 32 heavy (non-hydrogen) atoms. The number of halogens is 1. The van der Waals surface area contributed by atoms with Gasteiger partial charge in [0.05, 0.1) is 16.9 Å². The summed E-state index contributed by atoms with van der Waals surface area (Å²) in [6, 6.07) is 12.0. The van der Waals surface area contributed by atoms with E-state index in [2.05, 4.69) is 5.32 Å². The Morgan fingerprint density at radius 1 is 1.19 bits per heavy atom. The summed E-state index contributed by atoms with van der Waals surface area (Å²) in [6.07, 6.45) is 1.94. The minimum Gasteiger partial charge on any atom is -0.487 e. The molecule has 2 aliphatic heterocycles. The molecule has 2 atom stereocenters. The van der Waals surface area contributed by atoms with Crippen LogP contribution in [0.4, 0.5) is 0 Å². The second kappa shape index (κ2) is 8.69. The molecule has 2 aromatic carbocycles. The smallest absolute Gasteiger partial charge is 0.243 e. The predicted octanol–water partition coefficient (Wildman–Crippen LogP) is 4.47. The van der Waals surface area contributed by atoms with E-state index >= 15 is 0 Å². The summed E-state index contributed by atoms with van der Waals surface area (Å²) in [5, 5.41) is 3.67. The third-order valence-corrected chi connectivity index (χ3v) is 8.28. The van der Waals surface area contributed by atoms with Crippen LogP contribution in [-0.2, 0) is 14.8 Å². The van der Waals surface area contributed by atoms with Crippen molar-refractivity contribution < 1.29 is 17.9 Å². The van der Waals surface area contributed by atoms with Crippen molar-refractivity contribution in [3.05, 3.63) is 58.6 Å². The molecule has 1 amide bonds. The van der Waals surface area contributed by atoms with Crippen LogP contribution in [0, 0.1) is 12.8 Å². The number of hydrogen-bond acceptors (Lipinski definition) is 4. The van der Waals surface area contributed by atoms with Crippen LogP contribution in [0.5, 0.6) is 5.75 Å². The SMILES string of the molecule is Cc1ccc2c(c1)[C@@H](NC(=O)[C@H]1CCCN(S(=O)(=O)c3ccc(Cl)cc3)C1)CC(C)(C)O2. The molecule has 172 valence electrons. The van der Waals surface area contributed by atoms with Crippen molar-refractivity contribution in [1.29, 1.82) is 0 Å². The summed E-state index contributed by atoms with van der Waals surface area (Å²) in [6.45, 7) is 6.61. The molecule has 0 radical (unpaired) electrons. The van der Waals surface area contributed by atoms with Crippen molar-refractivity contribution in [2.75, 3.05) is 13.1 Å². The second-order valence-corrected chi connectivity index (χ2v) is 11.7. The highest BCUT2D eigenvalue weighted by molar-refractivity contribution is 7.89. The minimum absolute atomic E-state index is 0.115. The van der Waals surface area contributed by atoms with Gasteiger partial charge in [-0.2, -0.15) is 4.31 Å². The van der Waals surface area contributed by atoms with Gasteiger partial charge in [0.1, 0.15) is 11.4 Å². The predicted molar refractivity (Wildman–Crippen MR) is 124 cm³/mol. The van der Waals surface area contributed by atoms with E-state index in [9.17, 15) is 13.2 Å². The van der Waals surface area contributed by atoms with Crippen LogP contribution in [0.1, 0.15) is 50.3 Å². The minimum atomic E-state index is -3.68. The summed E-state index contributed by atoms with van der Waals surface area (Å²) < 4.78 is 33.7. The average Bonchev–Trinajstić information content (AvgIpc) is 2.74. The summed E-state index contributed by atoms with van der Waals surface area (Å²) in [5.74, 6) is 0.272. The van der Waals surface area contributed by atoms with Gasteiger partial charge in [-0.3, -0.25) is 4.79 Å². The number of amides is 1. The number of carbonyl (C=O) groups excluding carboxylic acids is 1. The molecule has 0 spiro atoms. The third-order valence-electron chi connectivity index (χ3n) is 6.15. The van der Waals surface area contributed by atoms with Gasteiger partial charge in [0.15, 0.2) is 0 Å². The lowest BCUT2D eigenvalue weighted by Gasteiger charge is -2.39. The van der Waals surface area contributed by atoms with Gasteiger partial charge in [-0.1, -0.05) is 29.3 Å². The van der Waals surface area contributed by atoms with E-state index in [1.807, 2.05) is 39.0 Å². The molecule has 0 saturated carbocycles. The van der Waals surface area contributed by atoms with Gasteiger partial charge < -0.3 is 10.1 Å². The molecule has 2 heterocycles. The molecule has 8 heteroatoms. The van der Waals surface area contributed by atoms with Gasteiger partial charge in [-0.05, 0) is 63.9 Å². The highest BCUT2D eigenvalue weighted by Crippen LogP contribution is 2.40.